The van der Waals surface area contributed by atoms with Gasteiger partial charge in [0, 0.05) is 12.5 Å². The van der Waals surface area contributed by atoms with Crippen LogP contribution in [-0.4, -0.2) is 41.6 Å². The van der Waals surface area contributed by atoms with Gasteiger partial charge in [0.15, 0.2) is 0 Å². The molecular formula is C19H32N2O3. The third-order valence-corrected chi connectivity index (χ3v) is 5.99. The number of hydrogen-bond acceptors (Lipinski definition) is 3. The quantitative estimate of drug-likeness (QED) is 0.859. The molecule has 5 heteroatoms. The molecule has 1 aliphatic heterocycles. The Morgan fingerprint density at radius 2 is 1.96 bits per heavy atom. The predicted octanol–water partition coefficient (Wildman–Crippen LogP) is 2.84. The average Bonchev–Trinajstić information content (AvgIpc) is 3.20. The van der Waals surface area contributed by atoms with Crippen LogP contribution >= 0.6 is 0 Å². The lowest BCUT2D eigenvalue weighted by atomic mass is 9.82. The molecule has 3 rings (SSSR count). The van der Waals surface area contributed by atoms with Gasteiger partial charge in [-0.1, -0.05) is 33.1 Å². The molecule has 136 valence electrons. The van der Waals surface area contributed by atoms with Crippen LogP contribution in [0.1, 0.15) is 71.6 Å². The molecule has 1 heterocycles. The monoisotopic (exact) mass is 336 g/mol. The Labute approximate surface area is 145 Å². The van der Waals surface area contributed by atoms with Gasteiger partial charge in [0.2, 0.25) is 11.8 Å². The maximum atomic E-state index is 13.3. The van der Waals surface area contributed by atoms with Gasteiger partial charge in [-0.15, -0.1) is 0 Å². The van der Waals surface area contributed by atoms with Crippen molar-refractivity contribution >= 4 is 11.8 Å². The summed E-state index contributed by atoms with van der Waals surface area (Å²) < 4.78 is 6.20. The minimum atomic E-state index is -0.536. The minimum Gasteiger partial charge on any atom is -0.354 e. The zero-order valence-electron chi connectivity index (χ0n) is 15.2. The van der Waals surface area contributed by atoms with E-state index in [0.29, 0.717) is 19.1 Å². The van der Waals surface area contributed by atoms with Gasteiger partial charge >= 0.3 is 0 Å². The first-order valence-corrected chi connectivity index (χ1v) is 9.82. The molecule has 3 atom stereocenters. The molecule has 0 radical (unpaired) electrons. The van der Waals surface area contributed by atoms with Gasteiger partial charge in [-0.2, -0.15) is 0 Å². The van der Waals surface area contributed by atoms with E-state index in [9.17, 15) is 9.59 Å². The summed E-state index contributed by atoms with van der Waals surface area (Å²) in [6, 6.07) is -0.449. The van der Waals surface area contributed by atoms with Crippen LogP contribution in [0.15, 0.2) is 0 Å². The number of carbonyl (C=O) groups excluding carboxylic acids is 2. The van der Waals surface area contributed by atoms with Crippen LogP contribution in [-0.2, 0) is 14.3 Å². The first-order chi connectivity index (χ1) is 11.6. The Morgan fingerprint density at radius 1 is 1.21 bits per heavy atom. The summed E-state index contributed by atoms with van der Waals surface area (Å²) in [6.07, 6.45) is 9.06. The SMILES string of the molecule is CCCNC(=O)[C@H]1CO[C@@]2(CCC[C@H](C)C2)N1C(=O)C1CCCC1. The third kappa shape index (κ3) is 3.32. The largest absolute Gasteiger partial charge is 0.354 e. The van der Waals surface area contributed by atoms with Crippen molar-refractivity contribution in [3.63, 3.8) is 0 Å². The Kier molecular flexibility index (Phi) is 5.48. The Morgan fingerprint density at radius 3 is 2.62 bits per heavy atom. The van der Waals surface area contributed by atoms with E-state index < -0.39 is 11.8 Å². The molecule has 1 spiro atoms. The molecule has 2 saturated carbocycles. The molecule has 1 saturated heterocycles. The highest BCUT2D eigenvalue weighted by Crippen LogP contribution is 2.44. The van der Waals surface area contributed by atoms with Crippen molar-refractivity contribution in [1.82, 2.24) is 10.2 Å². The van der Waals surface area contributed by atoms with Gasteiger partial charge in [-0.3, -0.25) is 14.5 Å². The zero-order chi connectivity index (χ0) is 17.2. The van der Waals surface area contributed by atoms with Crippen LogP contribution in [0.25, 0.3) is 0 Å². The van der Waals surface area contributed by atoms with E-state index in [1.54, 1.807) is 0 Å². The molecular weight excluding hydrogens is 304 g/mol. The predicted molar refractivity (Wildman–Crippen MR) is 92.2 cm³/mol. The smallest absolute Gasteiger partial charge is 0.245 e. The Bertz CT molecular complexity index is 475. The number of nitrogens with one attached hydrogen (secondary N) is 1. The van der Waals surface area contributed by atoms with Gasteiger partial charge < -0.3 is 10.1 Å². The van der Waals surface area contributed by atoms with E-state index in [0.717, 1.165) is 51.4 Å². The van der Waals surface area contributed by atoms with Crippen LogP contribution in [0.4, 0.5) is 0 Å². The summed E-state index contributed by atoms with van der Waals surface area (Å²) in [5.41, 5.74) is -0.536. The summed E-state index contributed by atoms with van der Waals surface area (Å²) in [4.78, 5) is 27.8. The fraction of sp³-hybridized carbons (Fsp3) is 0.895. The Hall–Kier alpha value is -1.10. The molecule has 3 aliphatic rings. The number of amides is 2. The summed E-state index contributed by atoms with van der Waals surface area (Å²) in [5.74, 6) is 0.742. The van der Waals surface area contributed by atoms with Crippen molar-refractivity contribution in [2.24, 2.45) is 11.8 Å². The number of rotatable bonds is 4. The van der Waals surface area contributed by atoms with Crippen molar-refractivity contribution in [2.75, 3.05) is 13.2 Å². The lowest BCUT2D eigenvalue weighted by Crippen LogP contribution is -2.58. The van der Waals surface area contributed by atoms with Gasteiger partial charge in [-0.25, -0.2) is 0 Å². The van der Waals surface area contributed by atoms with E-state index in [1.165, 1.54) is 6.42 Å². The number of nitrogens with zero attached hydrogens (tertiary/aromatic N) is 1. The number of carbonyl (C=O) groups is 2. The molecule has 0 unspecified atom stereocenters. The number of hydrogen-bond donors (Lipinski definition) is 1. The van der Waals surface area contributed by atoms with Gasteiger partial charge in [-0.05, 0) is 44.4 Å². The first-order valence-electron chi connectivity index (χ1n) is 9.82. The highest BCUT2D eigenvalue weighted by Gasteiger charge is 2.54. The van der Waals surface area contributed by atoms with Crippen molar-refractivity contribution in [2.45, 2.75) is 83.4 Å². The molecule has 3 fully saturated rings. The topological polar surface area (TPSA) is 58.6 Å². The second-order valence-electron chi connectivity index (χ2n) is 7.96. The maximum Gasteiger partial charge on any atom is 0.245 e. The molecule has 0 bridgehead atoms. The van der Waals surface area contributed by atoms with Crippen LogP contribution in [0.2, 0.25) is 0 Å². The van der Waals surface area contributed by atoms with Gasteiger partial charge in [0.05, 0.1) is 6.61 Å². The standard InChI is InChI=1S/C19H32N2O3/c1-3-11-20-17(22)16-13-24-19(10-6-7-14(2)12-19)21(16)18(23)15-8-4-5-9-15/h14-16H,3-13H2,1-2H3,(H,20,22)/t14-,16+,19+/m0/s1. The maximum absolute atomic E-state index is 13.3. The molecule has 5 nitrogen and oxygen atoms in total. The van der Waals surface area contributed by atoms with Crippen molar-refractivity contribution < 1.29 is 14.3 Å². The van der Waals surface area contributed by atoms with Gasteiger partial charge in [0.25, 0.3) is 0 Å². The van der Waals surface area contributed by atoms with E-state index in [-0.39, 0.29) is 17.7 Å². The average molecular weight is 336 g/mol. The second-order valence-corrected chi connectivity index (χ2v) is 7.96. The highest BCUT2D eigenvalue weighted by molar-refractivity contribution is 5.89. The van der Waals surface area contributed by atoms with Crippen molar-refractivity contribution in [3.8, 4) is 0 Å². The van der Waals surface area contributed by atoms with E-state index in [2.05, 4.69) is 12.2 Å². The number of ether oxygens (including phenoxy) is 1. The van der Waals surface area contributed by atoms with Crippen LogP contribution in [0, 0.1) is 11.8 Å². The Balaban J connectivity index is 1.83. The molecule has 0 aromatic rings. The molecule has 2 aliphatic carbocycles. The van der Waals surface area contributed by atoms with E-state index >= 15 is 0 Å². The van der Waals surface area contributed by atoms with Gasteiger partial charge in [0.1, 0.15) is 11.8 Å². The fourth-order valence-corrected chi connectivity index (χ4v) is 4.77. The van der Waals surface area contributed by atoms with E-state index in [4.69, 9.17) is 4.74 Å². The third-order valence-electron chi connectivity index (χ3n) is 5.99. The fourth-order valence-electron chi connectivity index (χ4n) is 4.77. The lowest BCUT2D eigenvalue weighted by molar-refractivity contribution is -0.166. The van der Waals surface area contributed by atoms with Crippen LogP contribution in [0.3, 0.4) is 0 Å². The van der Waals surface area contributed by atoms with Crippen LogP contribution < -0.4 is 5.32 Å². The second kappa shape index (κ2) is 7.42. The molecule has 0 aromatic heterocycles. The molecule has 24 heavy (non-hydrogen) atoms. The summed E-state index contributed by atoms with van der Waals surface area (Å²) in [6.45, 7) is 5.27. The normalized spacial score (nSPS) is 34.0. The zero-order valence-corrected chi connectivity index (χ0v) is 15.2. The van der Waals surface area contributed by atoms with E-state index in [1.807, 2.05) is 11.8 Å². The summed E-state index contributed by atoms with van der Waals surface area (Å²) >= 11 is 0. The highest BCUT2D eigenvalue weighted by atomic mass is 16.5. The molecule has 1 N–H and O–H groups in total. The first kappa shape index (κ1) is 17.7. The van der Waals surface area contributed by atoms with Crippen molar-refractivity contribution in [1.29, 1.82) is 0 Å². The van der Waals surface area contributed by atoms with Crippen LogP contribution in [0.5, 0.6) is 0 Å². The summed E-state index contributed by atoms with van der Waals surface area (Å²) in [5, 5.41) is 2.97. The molecule has 0 aromatic carbocycles. The van der Waals surface area contributed by atoms with Crippen molar-refractivity contribution in [3.05, 3.63) is 0 Å². The molecule has 2 amide bonds. The lowest BCUT2D eigenvalue weighted by Gasteiger charge is -2.44. The minimum absolute atomic E-state index is 0.0432. The summed E-state index contributed by atoms with van der Waals surface area (Å²) in [7, 11) is 0.